The summed E-state index contributed by atoms with van der Waals surface area (Å²) < 4.78 is 20.3. The third-order valence-corrected chi connectivity index (χ3v) is 3.80. The third-order valence-electron chi connectivity index (χ3n) is 3.80. The van der Waals surface area contributed by atoms with Crippen molar-refractivity contribution in [3.8, 4) is 11.5 Å². The minimum atomic E-state index is -0.993. The SMILES string of the molecule is CCCCC(=O)OC[C@H](C)OC(=O)[C@@H](N)Cc1ccc(OC(C)=O)c(OC(C)=O)c1. The van der Waals surface area contributed by atoms with E-state index >= 15 is 0 Å². The Morgan fingerprint density at radius 1 is 1.03 bits per heavy atom. The van der Waals surface area contributed by atoms with Gasteiger partial charge in [-0.25, -0.2) is 0 Å². The highest BCUT2D eigenvalue weighted by Gasteiger charge is 2.21. The molecule has 0 aromatic heterocycles. The number of rotatable bonds is 11. The Morgan fingerprint density at radius 3 is 2.27 bits per heavy atom. The number of carbonyl (C=O) groups excluding carboxylic acids is 4. The van der Waals surface area contributed by atoms with Gasteiger partial charge in [0.15, 0.2) is 11.5 Å². The fraction of sp³-hybridized carbons (Fsp3) is 0.524. The summed E-state index contributed by atoms with van der Waals surface area (Å²) in [5.41, 5.74) is 6.49. The maximum atomic E-state index is 12.2. The molecule has 0 fully saturated rings. The van der Waals surface area contributed by atoms with Crippen LogP contribution in [0.4, 0.5) is 0 Å². The van der Waals surface area contributed by atoms with Gasteiger partial charge in [0.2, 0.25) is 0 Å². The molecule has 0 saturated heterocycles. The van der Waals surface area contributed by atoms with Crippen LogP contribution in [0.3, 0.4) is 0 Å². The lowest BCUT2D eigenvalue weighted by Crippen LogP contribution is -2.37. The van der Waals surface area contributed by atoms with Crippen molar-refractivity contribution < 1.29 is 38.1 Å². The highest BCUT2D eigenvalue weighted by Crippen LogP contribution is 2.29. The molecule has 9 nitrogen and oxygen atoms in total. The van der Waals surface area contributed by atoms with E-state index in [-0.39, 0.29) is 30.5 Å². The lowest BCUT2D eigenvalue weighted by atomic mass is 10.1. The first-order valence-electron chi connectivity index (χ1n) is 9.73. The Balaban J connectivity index is 2.66. The van der Waals surface area contributed by atoms with Crippen molar-refractivity contribution in [2.45, 2.75) is 65.5 Å². The summed E-state index contributed by atoms with van der Waals surface area (Å²) in [6.45, 7) is 5.96. The monoisotopic (exact) mass is 423 g/mol. The van der Waals surface area contributed by atoms with Gasteiger partial charge in [-0.3, -0.25) is 19.2 Å². The molecule has 0 unspecified atom stereocenters. The van der Waals surface area contributed by atoms with E-state index in [0.717, 1.165) is 12.8 Å². The molecular formula is C21H29NO8. The minimum Gasteiger partial charge on any atom is -0.462 e. The fourth-order valence-electron chi connectivity index (χ4n) is 2.41. The smallest absolute Gasteiger partial charge is 0.323 e. The number of carbonyl (C=O) groups is 4. The maximum Gasteiger partial charge on any atom is 0.323 e. The van der Waals surface area contributed by atoms with Gasteiger partial charge in [0, 0.05) is 20.3 Å². The first-order valence-corrected chi connectivity index (χ1v) is 9.73. The second-order valence-electron chi connectivity index (χ2n) is 6.81. The van der Waals surface area contributed by atoms with Crippen LogP contribution in [0, 0.1) is 0 Å². The van der Waals surface area contributed by atoms with Crippen LogP contribution in [-0.4, -0.2) is 42.6 Å². The van der Waals surface area contributed by atoms with Crippen LogP contribution in [0.25, 0.3) is 0 Å². The van der Waals surface area contributed by atoms with Gasteiger partial charge in [0.05, 0.1) is 0 Å². The zero-order chi connectivity index (χ0) is 22.7. The fourth-order valence-corrected chi connectivity index (χ4v) is 2.41. The van der Waals surface area contributed by atoms with Gasteiger partial charge in [-0.2, -0.15) is 0 Å². The Labute approximate surface area is 175 Å². The van der Waals surface area contributed by atoms with Crippen LogP contribution in [0.2, 0.25) is 0 Å². The maximum absolute atomic E-state index is 12.2. The van der Waals surface area contributed by atoms with E-state index in [4.69, 9.17) is 24.7 Å². The van der Waals surface area contributed by atoms with E-state index < -0.39 is 30.1 Å². The van der Waals surface area contributed by atoms with E-state index in [9.17, 15) is 19.2 Å². The van der Waals surface area contributed by atoms with Crippen LogP contribution in [0.1, 0.15) is 52.5 Å². The molecule has 1 aromatic rings. The molecule has 0 bridgehead atoms. The van der Waals surface area contributed by atoms with Crippen molar-refractivity contribution >= 4 is 23.9 Å². The van der Waals surface area contributed by atoms with Crippen LogP contribution in [0.15, 0.2) is 18.2 Å². The van der Waals surface area contributed by atoms with Crippen molar-refractivity contribution in [1.29, 1.82) is 0 Å². The molecule has 0 radical (unpaired) electrons. The molecule has 0 aliphatic rings. The molecule has 2 atom stereocenters. The minimum absolute atomic E-state index is 0.0446. The summed E-state index contributed by atoms with van der Waals surface area (Å²) in [4.78, 5) is 46.2. The standard InChI is InChI=1S/C21H29NO8/c1-5-6-7-20(25)27-12-13(2)28-21(26)17(22)10-16-8-9-18(29-14(3)23)19(11-16)30-15(4)24/h8-9,11,13,17H,5-7,10,12,22H2,1-4H3/t13-,17-/m0/s1. The van der Waals surface area contributed by atoms with Gasteiger partial charge in [-0.1, -0.05) is 19.4 Å². The Morgan fingerprint density at radius 2 is 1.67 bits per heavy atom. The number of unbranched alkanes of at least 4 members (excludes halogenated alkanes) is 1. The molecule has 0 aliphatic carbocycles. The van der Waals surface area contributed by atoms with Crippen LogP contribution in [-0.2, 0) is 35.1 Å². The molecule has 30 heavy (non-hydrogen) atoms. The molecule has 0 amide bonds. The topological polar surface area (TPSA) is 131 Å². The van der Waals surface area contributed by atoms with Crippen molar-refractivity contribution in [1.82, 2.24) is 0 Å². The molecule has 0 saturated carbocycles. The quantitative estimate of drug-likeness (QED) is 0.419. The van der Waals surface area contributed by atoms with Gasteiger partial charge in [0.1, 0.15) is 18.8 Å². The van der Waals surface area contributed by atoms with Crippen molar-refractivity contribution in [2.75, 3.05) is 6.61 Å². The van der Waals surface area contributed by atoms with Crippen molar-refractivity contribution in [3.05, 3.63) is 23.8 Å². The summed E-state index contributed by atoms with van der Waals surface area (Å²) in [6.07, 6.45) is 1.40. The van der Waals surface area contributed by atoms with E-state index in [1.165, 1.54) is 26.0 Å². The van der Waals surface area contributed by atoms with Gasteiger partial charge >= 0.3 is 23.9 Å². The van der Waals surface area contributed by atoms with E-state index in [1.54, 1.807) is 13.0 Å². The first kappa shape index (κ1) is 25.1. The van der Waals surface area contributed by atoms with E-state index in [0.29, 0.717) is 12.0 Å². The molecular weight excluding hydrogens is 394 g/mol. The zero-order valence-corrected chi connectivity index (χ0v) is 17.8. The highest BCUT2D eigenvalue weighted by molar-refractivity contribution is 5.76. The average molecular weight is 423 g/mol. The van der Waals surface area contributed by atoms with Crippen LogP contribution < -0.4 is 15.2 Å². The molecule has 1 aromatic carbocycles. The normalized spacial score (nSPS) is 12.4. The lowest BCUT2D eigenvalue weighted by molar-refractivity contribution is -0.159. The van der Waals surface area contributed by atoms with Crippen molar-refractivity contribution in [2.24, 2.45) is 5.73 Å². The summed E-state index contributed by atoms with van der Waals surface area (Å²) >= 11 is 0. The predicted molar refractivity (Wildman–Crippen MR) is 107 cm³/mol. The Hall–Kier alpha value is -2.94. The molecule has 0 heterocycles. The number of benzene rings is 1. The van der Waals surface area contributed by atoms with Gasteiger partial charge in [-0.05, 0) is 37.5 Å². The van der Waals surface area contributed by atoms with E-state index in [2.05, 4.69) is 0 Å². The molecule has 0 aliphatic heterocycles. The zero-order valence-electron chi connectivity index (χ0n) is 17.8. The molecule has 166 valence electrons. The summed E-state index contributed by atoms with van der Waals surface area (Å²) in [5.74, 6) is -2.04. The number of esters is 4. The Bertz CT molecular complexity index is 761. The van der Waals surface area contributed by atoms with Crippen LogP contribution >= 0.6 is 0 Å². The van der Waals surface area contributed by atoms with Gasteiger partial charge in [-0.15, -0.1) is 0 Å². The summed E-state index contributed by atoms with van der Waals surface area (Å²) in [6, 6.07) is 3.52. The number of hydrogen-bond donors (Lipinski definition) is 1. The average Bonchev–Trinajstić information content (AvgIpc) is 2.65. The second kappa shape index (κ2) is 12.6. The van der Waals surface area contributed by atoms with Gasteiger partial charge in [0.25, 0.3) is 0 Å². The van der Waals surface area contributed by atoms with Crippen molar-refractivity contribution in [3.63, 3.8) is 0 Å². The number of hydrogen-bond acceptors (Lipinski definition) is 9. The molecule has 1 rings (SSSR count). The van der Waals surface area contributed by atoms with E-state index in [1.807, 2.05) is 6.92 Å². The number of ether oxygens (including phenoxy) is 4. The largest absolute Gasteiger partial charge is 0.462 e. The summed E-state index contributed by atoms with van der Waals surface area (Å²) in [5, 5.41) is 0. The molecule has 2 N–H and O–H groups in total. The third kappa shape index (κ3) is 9.51. The summed E-state index contributed by atoms with van der Waals surface area (Å²) in [7, 11) is 0. The highest BCUT2D eigenvalue weighted by atomic mass is 16.6. The van der Waals surface area contributed by atoms with Crippen LogP contribution in [0.5, 0.6) is 11.5 Å². The number of nitrogens with two attached hydrogens (primary N) is 1. The first-order chi connectivity index (χ1) is 14.1. The molecule has 9 heteroatoms. The second-order valence-corrected chi connectivity index (χ2v) is 6.81. The molecule has 0 spiro atoms. The lowest BCUT2D eigenvalue weighted by Gasteiger charge is -2.17. The predicted octanol–water partition coefficient (Wildman–Crippen LogP) is 2.07. The van der Waals surface area contributed by atoms with Gasteiger partial charge < -0.3 is 24.7 Å². The Kier molecular flexibility index (Phi) is 10.5.